The minimum absolute atomic E-state index is 0.918. The van der Waals surface area contributed by atoms with Gasteiger partial charge >= 0.3 is 0 Å². The molecule has 0 aliphatic carbocycles. The highest BCUT2D eigenvalue weighted by atomic mass is 127. The highest BCUT2D eigenvalue weighted by molar-refractivity contribution is 14.1. The molecular formula is C16H13IN2. The number of hydrogen-bond donors (Lipinski definition) is 1. The van der Waals surface area contributed by atoms with Crippen LogP contribution in [0.25, 0.3) is 22.4 Å². The van der Waals surface area contributed by atoms with Crippen LogP contribution in [0, 0.1) is 0 Å². The molecule has 0 fully saturated rings. The van der Waals surface area contributed by atoms with Crippen molar-refractivity contribution in [3.8, 4) is 22.4 Å². The highest BCUT2D eigenvalue weighted by Gasteiger charge is 2.15. The second-order valence-corrected chi connectivity index (χ2v) is 5.05. The van der Waals surface area contributed by atoms with E-state index in [1.807, 2.05) is 24.3 Å². The maximum Gasteiger partial charge on any atom is 0.100 e. The third kappa shape index (κ3) is 2.42. The summed E-state index contributed by atoms with van der Waals surface area (Å²) in [5, 5.41) is 7.67. The first-order chi connectivity index (χ1) is 9.40. The summed E-state index contributed by atoms with van der Waals surface area (Å²) in [6.45, 7) is 0. The molecule has 94 valence electrons. The van der Waals surface area contributed by atoms with Gasteiger partial charge in [0.1, 0.15) is 5.69 Å². The molecule has 3 heteroatoms. The van der Waals surface area contributed by atoms with Gasteiger partial charge < -0.3 is 0 Å². The van der Waals surface area contributed by atoms with Gasteiger partial charge in [0.25, 0.3) is 0 Å². The molecule has 0 unspecified atom stereocenters. The molecule has 0 saturated carbocycles. The fraction of sp³-hybridized carbons (Fsp3) is 0.0625. The largest absolute Gasteiger partial charge is 0.281 e. The lowest BCUT2D eigenvalue weighted by molar-refractivity contribution is 1.05. The number of nitrogens with one attached hydrogen (secondary N) is 1. The Bertz CT molecular complexity index is 660. The molecule has 2 nitrogen and oxygen atoms in total. The maximum absolute atomic E-state index is 4.50. The Labute approximate surface area is 126 Å². The van der Waals surface area contributed by atoms with Crippen LogP contribution in [0.5, 0.6) is 0 Å². The minimum Gasteiger partial charge on any atom is -0.281 e. The van der Waals surface area contributed by atoms with Crippen LogP contribution >= 0.6 is 22.6 Å². The number of H-pyrrole nitrogens is 1. The smallest absolute Gasteiger partial charge is 0.100 e. The summed E-state index contributed by atoms with van der Waals surface area (Å²) in [4.78, 5) is 0. The zero-order chi connectivity index (χ0) is 13.1. The first-order valence-corrected chi connectivity index (χ1v) is 7.66. The van der Waals surface area contributed by atoms with Gasteiger partial charge in [-0.1, -0.05) is 83.3 Å². The van der Waals surface area contributed by atoms with Gasteiger partial charge in [0.2, 0.25) is 0 Å². The lowest BCUT2D eigenvalue weighted by atomic mass is 9.99. The van der Waals surface area contributed by atoms with Gasteiger partial charge in [-0.25, -0.2) is 0 Å². The second-order valence-electron chi connectivity index (χ2n) is 4.29. The van der Waals surface area contributed by atoms with Crippen molar-refractivity contribution in [2.75, 3.05) is 0 Å². The molecule has 0 radical (unpaired) electrons. The van der Waals surface area contributed by atoms with Gasteiger partial charge in [-0.2, -0.15) is 5.10 Å². The summed E-state index contributed by atoms with van der Waals surface area (Å²) in [6.07, 6.45) is 0. The third-order valence-corrected chi connectivity index (χ3v) is 3.85. The van der Waals surface area contributed by atoms with Crippen molar-refractivity contribution in [2.24, 2.45) is 0 Å². The average Bonchev–Trinajstić information content (AvgIpc) is 2.93. The first kappa shape index (κ1) is 12.4. The molecule has 3 rings (SSSR count). The SMILES string of the molecule is ICc1[nH]nc(-c2ccccc2)c1-c1ccccc1. The van der Waals surface area contributed by atoms with Crippen molar-refractivity contribution in [2.45, 2.75) is 4.43 Å². The quantitative estimate of drug-likeness (QED) is 0.533. The van der Waals surface area contributed by atoms with Gasteiger partial charge in [0.15, 0.2) is 0 Å². The molecule has 0 saturated heterocycles. The van der Waals surface area contributed by atoms with Crippen molar-refractivity contribution >= 4 is 22.6 Å². The van der Waals surface area contributed by atoms with E-state index >= 15 is 0 Å². The van der Waals surface area contributed by atoms with Crippen molar-refractivity contribution in [3.63, 3.8) is 0 Å². The van der Waals surface area contributed by atoms with Gasteiger partial charge in [-0.15, -0.1) is 0 Å². The molecule has 19 heavy (non-hydrogen) atoms. The fourth-order valence-corrected chi connectivity index (χ4v) is 2.75. The minimum atomic E-state index is 0.918. The van der Waals surface area contributed by atoms with Gasteiger partial charge in [0.05, 0.1) is 5.69 Å². The Hall–Kier alpha value is -1.62. The zero-order valence-electron chi connectivity index (χ0n) is 10.3. The summed E-state index contributed by atoms with van der Waals surface area (Å²) >= 11 is 2.37. The predicted octanol–water partition coefficient (Wildman–Crippen LogP) is 4.68. The maximum atomic E-state index is 4.50. The molecule has 0 aliphatic heterocycles. The summed E-state index contributed by atoms with van der Waals surface area (Å²) in [5.74, 6) is 0. The monoisotopic (exact) mass is 360 g/mol. The van der Waals surface area contributed by atoms with E-state index in [1.165, 1.54) is 16.8 Å². The van der Waals surface area contributed by atoms with Gasteiger partial charge in [0, 0.05) is 15.6 Å². The van der Waals surface area contributed by atoms with Gasteiger partial charge in [-0.3, -0.25) is 5.10 Å². The normalized spacial score (nSPS) is 10.6. The molecule has 0 aliphatic rings. The average molecular weight is 360 g/mol. The standard InChI is InChI=1S/C16H13IN2/c17-11-14-15(12-7-3-1-4-8-12)16(19-18-14)13-9-5-2-6-10-13/h1-10H,11H2,(H,18,19). The van der Waals surface area contributed by atoms with Crippen LogP contribution in [0.4, 0.5) is 0 Å². The molecule has 2 aromatic carbocycles. The summed E-state index contributed by atoms with van der Waals surface area (Å²) in [6, 6.07) is 20.7. The predicted molar refractivity (Wildman–Crippen MR) is 87.2 cm³/mol. The number of benzene rings is 2. The van der Waals surface area contributed by atoms with E-state index in [1.54, 1.807) is 0 Å². The Morgan fingerprint density at radius 1 is 0.842 bits per heavy atom. The second kappa shape index (κ2) is 5.57. The van der Waals surface area contributed by atoms with Crippen LogP contribution in [-0.4, -0.2) is 10.2 Å². The fourth-order valence-electron chi connectivity index (χ4n) is 2.20. The van der Waals surface area contributed by atoms with Crippen LogP contribution in [0.15, 0.2) is 60.7 Å². The summed E-state index contributed by atoms with van der Waals surface area (Å²) in [7, 11) is 0. The van der Waals surface area contributed by atoms with Crippen molar-refractivity contribution in [1.82, 2.24) is 10.2 Å². The lowest BCUT2D eigenvalue weighted by Crippen LogP contribution is -1.85. The van der Waals surface area contributed by atoms with Crippen LogP contribution in [0.2, 0.25) is 0 Å². The molecule has 0 atom stereocenters. The molecule has 3 aromatic rings. The van der Waals surface area contributed by atoms with E-state index in [4.69, 9.17) is 0 Å². The number of halogens is 1. The van der Waals surface area contributed by atoms with Crippen molar-refractivity contribution in [3.05, 3.63) is 66.4 Å². The Kier molecular flexibility index (Phi) is 3.64. The number of alkyl halides is 1. The Morgan fingerprint density at radius 3 is 2.00 bits per heavy atom. The van der Waals surface area contributed by atoms with Crippen LogP contribution in [0.3, 0.4) is 0 Å². The van der Waals surface area contributed by atoms with E-state index in [9.17, 15) is 0 Å². The number of aromatic nitrogens is 2. The van der Waals surface area contributed by atoms with Crippen LogP contribution < -0.4 is 0 Å². The van der Waals surface area contributed by atoms with Gasteiger partial charge in [-0.05, 0) is 5.56 Å². The molecule has 0 amide bonds. The van der Waals surface area contributed by atoms with E-state index in [0.717, 1.165) is 15.7 Å². The topological polar surface area (TPSA) is 28.7 Å². The molecule has 1 heterocycles. The van der Waals surface area contributed by atoms with E-state index in [-0.39, 0.29) is 0 Å². The van der Waals surface area contributed by atoms with Crippen LogP contribution in [0.1, 0.15) is 5.69 Å². The number of hydrogen-bond acceptors (Lipinski definition) is 1. The van der Waals surface area contributed by atoms with Crippen LogP contribution in [-0.2, 0) is 4.43 Å². The van der Waals surface area contributed by atoms with E-state index in [2.05, 4.69) is 69.2 Å². The molecule has 0 spiro atoms. The highest BCUT2D eigenvalue weighted by Crippen LogP contribution is 2.33. The molecule has 1 aromatic heterocycles. The molecule has 1 N–H and O–H groups in total. The summed E-state index contributed by atoms with van der Waals surface area (Å²) in [5.41, 5.74) is 5.76. The Balaban J connectivity index is 2.20. The summed E-state index contributed by atoms with van der Waals surface area (Å²) < 4.78 is 0.918. The first-order valence-electron chi connectivity index (χ1n) is 6.14. The van der Waals surface area contributed by atoms with Crippen molar-refractivity contribution in [1.29, 1.82) is 0 Å². The number of rotatable bonds is 3. The Morgan fingerprint density at radius 2 is 1.42 bits per heavy atom. The van der Waals surface area contributed by atoms with E-state index in [0.29, 0.717) is 0 Å². The van der Waals surface area contributed by atoms with E-state index < -0.39 is 0 Å². The zero-order valence-corrected chi connectivity index (χ0v) is 12.5. The number of aromatic amines is 1. The lowest BCUT2D eigenvalue weighted by Gasteiger charge is -2.05. The number of nitrogens with zero attached hydrogens (tertiary/aromatic N) is 1. The van der Waals surface area contributed by atoms with Crippen molar-refractivity contribution < 1.29 is 0 Å². The molecule has 0 bridgehead atoms. The molecular weight excluding hydrogens is 347 g/mol. The third-order valence-electron chi connectivity index (χ3n) is 3.08.